The average molecular weight is 1160 g/mol. The smallest absolute Gasteiger partial charge is 0.241 e. The van der Waals surface area contributed by atoms with E-state index in [0.29, 0.717) is 57.3 Å². The molecule has 3 unspecified atom stereocenters. The van der Waals surface area contributed by atoms with Gasteiger partial charge in [-0.15, -0.1) is 12.6 Å². The molecule has 20 nitrogen and oxygen atoms in total. The van der Waals surface area contributed by atoms with Crippen molar-refractivity contribution in [1.29, 1.82) is 0 Å². The van der Waals surface area contributed by atoms with Crippen molar-refractivity contribution in [1.82, 2.24) is 41.9 Å². The van der Waals surface area contributed by atoms with Crippen LogP contribution >= 0.6 is 12.6 Å². The van der Waals surface area contributed by atoms with Gasteiger partial charge in [-0.05, 0) is 123 Å². The summed E-state index contributed by atoms with van der Waals surface area (Å²) in [7, 11) is 9.67. The summed E-state index contributed by atoms with van der Waals surface area (Å²) in [5.74, 6) is 0.944. The van der Waals surface area contributed by atoms with Gasteiger partial charge in [0.15, 0.2) is 5.12 Å². The van der Waals surface area contributed by atoms with Crippen LogP contribution in [0.5, 0.6) is 0 Å². The van der Waals surface area contributed by atoms with Crippen LogP contribution in [0.4, 0.5) is 5.69 Å². The van der Waals surface area contributed by atoms with Gasteiger partial charge in [-0.2, -0.15) is 0 Å². The van der Waals surface area contributed by atoms with Gasteiger partial charge in [0.1, 0.15) is 12.6 Å². The molecule has 2 aromatic rings. The Kier molecular flexibility index (Phi) is 58.1. The van der Waals surface area contributed by atoms with Crippen LogP contribution in [0.1, 0.15) is 139 Å². The highest BCUT2D eigenvalue weighted by Gasteiger charge is 2.29. The van der Waals surface area contributed by atoms with Crippen LogP contribution in [0, 0.1) is 17.8 Å². The number of aldehydes is 2. The van der Waals surface area contributed by atoms with Crippen LogP contribution in [0.2, 0.25) is 0 Å². The number of nitrogens with one attached hydrogen (secondary N) is 7. The predicted octanol–water partition coefficient (Wildman–Crippen LogP) is 6.39. The fourth-order valence-corrected chi connectivity index (χ4v) is 6.91. The molecule has 2 aromatic carbocycles. The van der Waals surface area contributed by atoms with Gasteiger partial charge < -0.3 is 57.0 Å². The maximum Gasteiger partial charge on any atom is 0.241 e. The number of rotatable bonds is 26. The van der Waals surface area contributed by atoms with Crippen molar-refractivity contribution in [3.8, 4) is 0 Å². The largest absolute Gasteiger partial charge is 0.372 e. The first-order valence-corrected chi connectivity index (χ1v) is 28.2. The maximum atomic E-state index is 12.2. The lowest BCUT2D eigenvalue weighted by molar-refractivity contribution is -0.134. The number of carbonyl (C=O) groups is 9. The van der Waals surface area contributed by atoms with Crippen LogP contribution in [0.15, 0.2) is 66.2 Å². The van der Waals surface area contributed by atoms with Crippen LogP contribution in [-0.2, 0) is 60.0 Å². The number of benzene rings is 2. The molecule has 1 saturated heterocycles. The molecular weight excluding hydrogens is 1050 g/mol. The minimum absolute atomic E-state index is 0.00663. The number of likely N-dealkylation sites (tertiary alicyclic amines) is 1. The Bertz CT molecular complexity index is 1940. The van der Waals surface area contributed by atoms with Crippen LogP contribution in [0.25, 0.3) is 0 Å². The van der Waals surface area contributed by atoms with Gasteiger partial charge >= 0.3 is 0 Å². The summed E-state index contributed by atoms with van der Waals surface area (Å²) in [6.07, 6.45) is 9.72. The zero-order chi connectivity index (χ0) is 63.2. The second-order valence-electron chi connectivity index (χ2n) is 20.6. The topological polar surface area (TPSA) is 280 Å². The molecule has 0 aromatic heterocycles. The third kappa shape index (κ3) is 49.7. The molecule has 0 saturated carbocycles. The predicted molar refractivity (Wildman–Crippen MR) is 333 cm³/mol. The molecule has 1 aliphatic rings. The fourth-order valence-electron chi connectivity index (χ4n) is 6.65. The van der Waals surface area contributed by atoms with Crippen LogP contribution < -0.4 is 43.1 Å². The molecule has 0 bridgehead atoms. The summed E-state index contributed by atoms with van der Waals surface area (Å²) in [4.78, 5) is 103. The van der Waals surface area contributed by atoms with Crippen molar-refractivity contribution in [2.75, 3.05) is 73.3 Å². The van der Waals surface area contributed by atoms with E-state index < -0.39 is 0 Å². The van der Waals surface area contributed by atoms with E-state index in [1.165, 1.54) is 12.0 Å². The molecule has 21 heteroatoms. The summed E-state index contributed by atoms with van der Waals surface area (Å²) in [6, 6.07) is 18.3. The number of piperidine rings is 1. The standard InChI is InChI=1S/C15H24N4O3.C13H21N.C11H20N2O2.C10H15NO3S.C4H10.C3H7NO.C3H8.CH3NO/c1-16-9-3-4-14(17-2)15(21)19-13-7-5-12(6-8-13)10-22-18-11-20;1-11(14(4)5)13(2,3)12-9-7-6-8-10-12;1-8(2)5-10(9(3)4)13-11(15)6-12-7-14;12-7-1-2-9(13)11-5-3-8(4-6-11)10(14)15;1-4(2)3;1-4-2-3-5;1-3-2;2-1-3/h5-8,11,14,16-17H,3-4,9-10H2,1-2H3,(H,18,20)(H,19,21);6-11H,1-5H3;5,7,9-10H,6H2,1-4H3,(H,12,14)(H,13,15);7-8H,1-6H2,(H,14,15);4H,1-3H3;3-4H,2H2,1H3;3H2,1-2H3;1H,(H2,2,3). The molecule has 1 fully saturated rings. The minimum atomic E-state index is -0.215. The Balaban J connectivity index is -0.000000295. The number of hydroxylamine groups is 1. The molecule has 3 rings (SSSR count). The number of nitrogens with two attached hydrogens (primary N) is 1. The first kappa shape index (κ1) is 84.0. The number of thiol groups is 1. The Morgan fingerprint density at radius 1 is 0.840 bits per heavy atom. The Labute approximate surface area is 493 Å². The van der Waals surface area contributed by atoms with Crippen molar-refractivity contribution < 1.29 is 48.0 Å². The number of hydrogen-bond donors (Lipinski definition) is 9. The van der Waals surface area contributed by atoms with E-state index in [-0.39, 0.29) is 78.7 Å². The average Bonchev–Trinajstić information content (AvgIpc) is 3.42. The normalized spacial score (nSPS) is 12.4. The molecule has 9 N–H and O–H groups in total. The monoisotopic (exact) mass is 1160 g/mol. The highest BCUT2D eigenvalue weighted by molar-refractivity contribution is 7.96. The molecule has 0 aliphatic carbocycles. The number of likely N-dealkylation sites (N-methyl/N-ethyl adjacent to an activating group) is 3. The number of anilines is 1. The second-order valence-corrected chi connectivity index (χ2v) is 21.0. The van der Waals surface area contributed by atoms with E-state index >= 15 is 0 Å². The van der Waals surface area contributed by atoms with Crippen molar-refractivity contribution in [3.05, 3.63) is 77.4 Å². The molecule has 0 radical (unpaired) electrons. The van der Waals surface area contributed by atoms with Gasteiger partial charge in [-0.25, -0.2) is 5.48 Å². The van der Waals surface area contributed by atoms with Crippen molar-refractivity contribution >= 4 is 73.0 Å². The summed E-state index contributed by atoms with van der Waals surface area (Å²) >= 11 is 3.79. The van der Waals surface area contributed by atoms with Gasteiger partial charge in [-0.3, -0.25) is 38.4 Å². The first-order chi connectivity index (χ1) is 38.3. The van der Waals surface area contributed by atoms with E-state index in [0.717, 1.165) is 54.7 Å². The molecule has 1 heterocycles. The quantitative estimate of drug-likeness (QED) is 0.0162. The van der Waals surface area contributed by atoms with E-state index in [1.54, 1.807) is 31.1 Å². The van der Waals surface area contributed by atoms with Gasteiger partial charge in [0, 0.05) is 55.0 Å². The van der Waals surface area contributed by atoms with Crippen LogP contribution in [0.3, 0.4) is 0 Å². The summed E-state index contributed by atoms with van der Waals surface area (Å²) < 4.78 is 0. The Morgan fingerprint density at radius 3 is 1.78 bits per heavy atom. The first-order valence-electron chi connectivity index (χ1n) is 27.8. The van der Waals surface area contributed by atoms with Gasteiger partial charge in [-0.1, -0.05) is 123 Å². The molecule has 6 amide bonds. The molecule has 1 aliphatic heterocycles. The van der Waals surface area contributed by atoms with E-state index in [2.05, 4.69) is 160 Å². The third-order valence-corrected chi connectivity index (χ3v) is 11.7. The molecule has 3 atom stereocenters. The van der Waals surface area contributed by atoms with Gasteiger partial charge in [0.05, 0.1) is 25.7 Å². The lowest BCUT2D eigenvalue weighted by Gasteiger charge is -2.36. The highest BCUT2D eigenvalue weighted by atomic mass is 32.1. The summed E-state index contributed by atoms with van der Waals surface area (Å²) in [5.41, 5.74) is 10.7. The highest BCUT2D eigenvalue weighted by Crippen LogP contribution is 2.29. The zero-order valence-electron chi connectivity index (χ0n) is 52.3. The lowest BCUT2D eigenvalue weighted by atomic mass is 9.78. The number of primary amides is 1. The second kappa shape index (κ2) is 56.0. The number of allylic oxidation sites excluding steroid dienone is 1. The van der Waals surface area contributed by atoms with E-state index in [1.807, 2.05) is 53.0 Å². The molecular formula is C60H108N10O10S. The minimum Gasteiger partial charge on any atom is -0.372 e. The number of amides is 6. The maximum absolute atomic E-state index is 12.2. The summed E-state index contributed by atoms with van der Waals surface area (Å²) in [6.45, 7) is 28.5. The van der Waals surface area contributed by atoms with Gasteiger partial charge in [0.25, 0.3) is 0 Å². The lowest BCUT2D eigenvalue weighted by Crippen LogP contribution is -2.41. The number of nitrogens with zero attached hydrogens (tertiary/aromatic N) is 2. The number of hydrogen-bond acceptors (Lipinski definition) is 14. The molecule has 464 valence electrons. The van der Waals surface area contributed by atoms with Gasteiger partial charge in [0.2, 0.25) is 37.0 Å². The van der Waals surface area contributed by atoms with Crippen molar-refractivity contribution in [2.24, 2.45) is 23.5 Å². The third-order valence-electron chi connectivity index (χ3n) is 11.4. The molecule has 81 heavy (non-hydrogen) atoms. The van der Waals surface area contributed by atoms with E-state index in [9.17, 15) is 38.4 Å². The van der Waals surface area contributed by atoms with Crippen molar-refractivity contribution in [2.45, 2.75) is 158 Å². The molecule has 0 spiro atoms. The van der Waals surface area contributed by atoms with E-state index in [4.69, 9.17) is 9.63 Å². The van der Waals surface area contributed by atoms with Crippen molar-refractivity contribution in [3.63, 3.8) is 0 Å². The van der Waals surface area contributed by atoms with Crippen LogP contribution in [-0.4, -0.2) is 151 Å². The zero-order valence-corrected chi connectivity index (χ0v) is 53.2. The Hall–Kier alpha value is -5.84. The Morgan fingerprint density at radius 2 is 1.38 bits per heavy atom. The fraction of sp³-hybridized carbons (Fsp3) is 0.617. The summed E-state index contributed by atoms with van der Waals surface area (Å²) in [5, 5.41) is 16.7. The SMILES string of the molecule is CC(C)=CC(NC(=O)CNC=O)C(C)C.CC(C)C.CC(N(C)C)C(C)(C)c1ccccc1.CCC.CNCC=O.CNCCCC(NC)C(=O)Nc1ccc(CONC=O)cc1.NC=O.O=CCCC(=O)N1CCC(C(=O)S)CC1. The number of carbonyl (C=O) groups excluding carboxylic acids is 9.